The van der Waals surface area contributed by atoms with Crippen molar-refractivity contribution in [1.82, 2.24) is 9.78 Å². The third-order valence-electron chi connectivity index (χ3n) is 4.09. The van der Waals surface area contributed by atoms with Crippen LogP contribution in [0.5, 0.6) is 5.75 Å². The first-order chi connectivity index (χ1) is 14.5. The second-order valence-electron chi connectivity index (χ2n) is 6.15. The molecule has 8 heteroatoms. The fourth-order valence-electron chi connectivity index (χ4n) is 2.66. The molecule has 0 atom stereocenters. The van der Waals surface area contributed by atoms with E-state index >= 15 is 0 Å². The molecule has 0 saturated carbocycles. The monoisotopic (exact) mass is 407 g/mol. The first-order valence-electron chi connectivity index (χ1n) is 9.43. The topological polar surface area (TPSA) is 99.5 Å². The number of benzene rings is 2. The van der Waals surface area contributed by atoms with E-state index in [-0.39, 0.29) is 12.3 Å². The van der Waals surface area contributed by atoms with Gasteiger partial charge in [0.1, 0.15) is 5.75 Å². The zero-order valence-corrected chi connectivity index (χ0v) is 16.6. The highest BCUT2D eigenvalue weighted by Crippen LogP contribution is 2.15. The van der Waals surface area contributed by atoms with Crippen molar-refractivity contribution in [2.75, 3.05) is 18.5 Å². The average Bonchev–Trinajstić information content (AvgIpc) is 2.75. The third kappa shape index (κ3) is 4.91. The molecule has 0 saturated heterocycles. The molecule has 0 fully saturated rings. The minimum absolute atomic E-state index is 0.249. The minimum atomic E-state index is -0.649. The lowest BCUT2D eigenvalue weighted by Gasteiger charge is -2.09. The molecule has 0 aliphatic heterocycles. The van der Waals surface area contributed by atoms with E-state index in [2.05, 4.69) is 10.4 Å². The lowest BCUT2D eigenvalue weighted by Crippen LogP contribution is -2.25. The Kier molecular flexibility index (Phi) is 6.59. The van der Waals surface area contributed by atoms with Crippen molar-refractivity contribution in [3.05, 3.63) is 82.3 Å². The molecule has 154 valence electrons. The molecule has 30 heavy (non-hydrogen) atoms. The summed E-state index contributed by atoms with van der Waals surface area (Å²) in [6.07, 6.45) is 1.49. The molecule has 0 aliphatic rings. The maximum absolute atomic E-state index is 12.6. The van der Waals surface area contributed by atoms with E-state index in [1.54, 1.807) is 43.3 Å². The van der Waals surface area contributed by atoms with Gasteiger partial charge in [-0.3, -0.25) is 9.59 Å². The lowest BCUT2D eigenvalue weighted by atomic mass is 10.2. The third-order valence-corrected chi connectivity index (χ3v) is 4.09. The number of ether oxygens (including phenoxy) is 2. The zero-order chi connectivity index (χ0) is 21.5. The second kappa shape index (κ2) is 9.51. The van der Waals surface area contributed by atoms with Crippen LogP contribution in [0.25, 0.3) is 5.69 Å². The molecule has 8 nitrogen and oxygen atoms in total. The van der Waals surface area contributed by atoms with Gasteiger partial charge in [0.05, 0.1) is 24.5 Å². The van der Waals surface area contributed by atoms with Crippen LogP contribution in [-0.2, 0) is 4.74 Å². The van der Waals surface area contributed by atoms with Crippen molar-refractivity contribution in [2.24, 2.45) is 0 Å². The molecule has 1 amide bonds. The summed E-state index contributed by atoms with van der Waals surface area (Å²) in [5, 5.41) is 6.78. The van der Waals surface area contributed by atoms with E-state index in [0.29, 0.717) is 29.3 Å². The number of esters is 1. The van der Waals surface area contributed by atoms with Gasteiger partial charge in [0.25, 0.3) is 5.91 Å². The van der Waals surface area contributed by atoms with Gasteiger partial charge in [-0.25, -0.2) is 9.48 Å². The van der Waals surface area contributed by atoms with Gasteiger partial charge in [-0.05, 0) is 62.4 Å². The van der Waals surface area contributed by atoms with Crippen LogP contribution in [-0.4, -0.2) is 34.9 Å². The summed E-state index contributed by atoms with van der Waals surface area (Å²) < 4.78 is 11.8. The highest BCUT2D eigenvalue weighted by Gasteiger charge is 2.14. The first-order valence-corrected chi connectivity index (χ1v) is 9.43. The van der Waals surface area contributed by atoms with Crippen LogP contribution in [0.1, 0.15) is 34.7 Å². The van der Waals surface area contributed by atoms with Crippen molar-refractivity contribution in [3.63, 3.8) is 0 Å². The fraction of sp³-hybridized carbons (Fsp3) is 0.182. The summed E-state index contributed by atoms with van der Waals surface area (Å²) in [4.78, 5) is 36.5. The Labute approximate surface area is 173 Å². The van der Waals surface area contributed by atoms with Crippen LogP contribution in [0, 0.1) is 0 Å². The lowest BCUT2D eigenvalue weighted by molar-refractivity contribution is 0.0526. The zero-order valence-electron chi connectivity index (χ0n) is 16.6. The van der Waals surface area contributed by atoms with Crippen molar-refractivity contribution >= 4 is 17.6 Å². The van der Waals surface area contributed by atoms with Crippen molar-refractivity contribution in [2.45, 2.75) is 13.8 Å². The van der Waals surface area contributed by atoms with E-state index in [4.69, 9.17) is 9.47 Å². The number of hydrogen-bond donors (Lipinski definition) is 1. The van der Waals surface area contributed by atoms with E-state index in [9.17, 15) is 14.4 Å². The summed E-state index contributed by atoms with van der Waals surface area (Å²) in [6.45, 7) is 4.45. The Morgan fingerprint density at radius 3 is 2.30 bits per heavy atom. The van der Waals surface area contributed by atoms with Crippen LogP contribution in [0.15, 0.2) is 65.6 Å². The SMILES string of the molecule is CCOC(=O)c1ccc(NC(=O)c2nn(-c3ccc(OCC)cc3)ccc2=O)cc1. The number of nitrogens with zero attached hydrogens (tertiary/aromatic N) is 2. The Bertz CT molecular complexity index is 1090. The quantitative estimate of drug-likeness (QED) is 0.605. The van der Waals surface area contributed by atoms with Gasteiger partial charge in [0, 0.05) is 18.0 Å². The number of aromatic nitrogens is 2. The number of nitrogens with one attached hydrogen (secondary N) is 1. The summed E-state index contributed by atoms with van der Waals surface area (Å²) in [5.41, 5.74) is 0.709. The van der Waals surface area contributed by atoms with Crippen molar-refractivity contribution < 1.29 is 19.1 Å². The molecule has 3 rings (SSSR count). The number of hydrogen-bond acceptors (Lipinski definition) is 6. The summed E-state index contributed by atoms with van der Waals surface area (Å²) in [5.74, 6) is -0.381. The molecule has 1 aromatic heterocycles. The van der Waals surface area contributed by atoms with E-state index in [1.807, 2.05) is 6.92 Å². The number of anilines is 1. The van der Waals surface area contributed by atoms with Gasteiger partial charge >= 0.3 is 5.97 Å². The van der Waals surface area contributed by atoms with Crippen LogP contribution >= 0.6 is 0 Å². The summed E-state index contributed by atoms with van der Waals surface area (Å²) in [6, 6.07) is 14.6. The van der Waals surface area contributed by atoms with Gasteiger partial charge in [-0.1, -0.05) is 0 Å². The van der Waals surface area contributed by atoms with Crippen LogP contribution in [0.4, 0.5) is 5.69 Å². The second-order valence-corrected chi connectivity index (χ2v) is 6.15. The molecule has 2 aromatic carbocycles. The Hall–Kier alpha value is -3.94. The molecule has 0 aliphatic carbocycles. The van der Waals surface area contributed by atoms with Crippen LogP contribution in [0.3, 0.4) is 0 Å². The maximum Gasteiger partial charge on any atom is 0.338 e. The van der Waals surface area contributed by atoms with E-state index < -0.39 is 17.3 Å². The Morgan fingerprint density at radius 1 is 0.967 bits per heavy atom. The molecular formula is C22H21N3O5. The molecule has 0 spiro atoms. The first kappa shape index (κ1) is 20.8. The van der Waals surface area contributed by atoms with Gasteiger partial charge in [0.2, 0.25) is 5.43 Å². The molecule has 0 radical (unpaired) electrons. The fourth-order valence-corrected chi connectivity index (χ4v) is 2.66. The normalized spacial score (nSPS) is 10.3. The standard InChI is InChI=1S/C22H21N3O5/c1-3-29-18-11-9-17(10-12-18)25-14-13-19(26)20(24-25)21(27)23-16-7-5-15(6-8-16)22(28)30-4-2/h5-14H,3-4H2,1-2H3,(H,23,27). The Morgan fingerprint density at radius 2 is 1.67 bits per heavy atom. The number of carbonyl (C=O) groups is 2. The minimum Gasteiger partial charge on any atom is -0.494 e. The Balaban J connectivity index is 1.78. The molecule has 3 aromatic rings. The number of carbonyl (C=O) groups excluding carboxylic acids is 2. The van der Waals surface area contributed by atoms with Crippen molar-refractivity contribution in [3.8, 4) is 11.4 Å². The number of amides is 1. The van der Waals surface area contributed by atoms with Gasteiger partial charge in [-0.15, -0.1) is 0 Å². The van der Waals surface area contributed by atoms with Crippen LogP contribution in [0.2, 0.25) is 0 Å². The highest BCUT2D eigenvalue weighted by molar-refractivity contribution is 6.03. The summed E-state index contributed by atoms with van der Waals surface area (Å²) >= 11 is 0. The smallest absolute Gasteiger partial charge is 0.338 e. The van der Waals surface area contributed by atoms with Crippen LogP contribution < -0.4 is 15.5 Å². The largest absolute Gasteiger partial charge is 0.494 e. The number of rotatable bonds is 7. The van der Waals surface area contributed by atoms with Gasteiger partial charge in [-0.2, -0.15) is 5.10 Å². The van der Waals surface area contributed by atoms with Gasteiger partial charge in [0.15, 0.2) is 5.69 Å². The maximum atomic E-state index is 12.6. The van der Waals surface area contributed by atoms with Gasteiger partial charge < -0.3 is 14.8 Å². The molecule has 0 bridgehead atoms. The summed E-state index contributed by atoms with van der Waals surface area (Å²) in [7, 11) is 0. The van der Waals surface area contributed by atoms with E-state index in [0.717, 1.165) is 0 Å². The van der Waals surface area contributed by atoms with E-state index in [1.165, 1.54) is 29.1 Å². The highest BCUT2D eigenvalue weighted by atomic mass is 16.5. The predicted octanol–water partition coefficient (Wildman–Crippen LogP) is 3.06. The molecular weight excluding hydrogens is 386 g/mol. The van der Waals surface area contributed by atoms with Crippen molar-refractivity contribution in [1.29, 1.82) is 0 Å². The molecule has 1 heterocycles. The molecule has 1 N–H and O–H groups in total. The molecule has 0 unspecified atom stereocenters. The average molecular weight is 407 g/mol. The predicted molar refractivity (Wildman–Crippen MR) is 111 cm³/mol.